The molecule has 0 saturated heterocycles. The zero-order valence-corrected chi connectivity index (χ0v) is 13.3. The van der Waals surface area contributed by atoms with Gasteiger partial charge in [0.1, 0.15) is 5.69 Å². The molecule has 0 bridgehead atoms. The van der Waals surface area contributed by atoms with Crippen LogP contribution in [0.5, 0.6) is 0 Å². The minimum absolute atomic E-state index is 0.251. The quantitative estimate of drug-likeness (QED) is 0.928. The molecule has 1 aliphatic rings. The van der Waals surface area contributed by atoms with E-state index in [1.807, 2.05) is 30.3 Å². The van der Waals surface area contributed by atoms with E-state index in [1.165, 1.54) is 6.92 Å². The van der Waals surface area contributed by atoms with Crippen molar-refractivity contribution < 1.29 is 18.3 Å². The van der Waals surface area contributed by atoms with Crippen molar-refractivity contribution in [2.45, 2.75) is 38.1 Å². The number of hydrogen-bond acceptors (Lipinski definition) is 4. The highest BCUT2D eigenvalue weighted by Gasteiger charge is 2.53. The molecule has 1 atom stereocenters. The number of rotatable bonds is 4. The van der Waals surface area contributed by atoms with Crippen LogP contribution in [0, 0.1) is 0 Å². The van der Waals surface area contributed by atoms with E-state index in [1.54, 1.807) is 9.58 Å². The van der Waals surface area contributed by atoms with Gasteiger partial charge >= 0.3 is 6.18 Å². The predicted octanol–water partition coefficient (Wildman–Crippen LogP) is 2.33. The fourth-order valence-electron chi connectivity index (χ4n) is 2.94. The number of benzene rings is 1. The summed E-state index contributed by atoms with van der Waals surface area (Å²) >= 11 is 0. The van der Waals surface area contributed by atoms with Gasteiger partial charge in [0.2, 0.25) is 0 Å². The Hall–Kier alpha value is -1.93. The summed E-state index contributed by atoms with van der Waals surface area (Å²) in [5, 5.41) is 18.2. The van der Waals surface area contributed by atoms with Crippen LogP contribution in [-0.2, 0) is 13.0 Å². The van der Waals surface area contributed by atoms with Crippen molar-refractivity contribution in [3.05, 3.63) is 41.7 Å². The van der Waals surface area contributed by atoms with Gasteiger partial charge in [0.15, 0.2) is 5.60 Å². The maximum absolute atomic E-state index is 13.1. The normalized spacial score (nSPS) is 18.2. The van der Waals surface area contributed by atoms with Gasteiger partial charge in [-0.05, 0) is 18.6 Å². The number of fused-ring (bicyclic) bond motifs is 1. The zero-order valence-electron chi connectivity index (χ0n) is 13.3. The Balaban J connectivity index is 1.78. The molecule has 0 aliphatic carbocycles. The van der Waals surface area contributed by atoms with Gasteiger partial charge in [0.25, 0.3) is 0 Å². The maximum Gasteiger partial charge on any atom is 0.418 e. The lowest BCUT2D eigenvalue weighted by Crippen LogP contribution is -2.54. The van der Waals surface area contributed by atoms with Crippen LogP contribution < -0.4 is 0 Å². The van der Waals surface area contributed by atoms with Crippen LogP contribution in [0.2, 0.25) is 0 Å². The van der Waals surface area contributed by atoms with Crippen molar-refractivity contribution in [2.24, 2.45) is 0 Å². The molecule has 1 aromatic heterocycles. The Labute approximate surface area is 137 Å². The first-order valence-corrected chi connectivity index (χ1v) is 7.84. The van der Waals surface area contributed by atoms with Gasteiger partial charge in [-0.3, -0.25) is 4.90 Å². The van der Waals surface area contributed by atoms with Gasteiger partial charge in [0.05, 0.1) is 11.4 Å². The fourth-order valence-corrected chi connectivity index (χ4v) is 2.94. The highest BCUT2D eigenvalue weighted by molar-refractivity contribution is 5.33. The number of alkyl halides is 3. The lowest BCUT2D eigenvalue weighted by Gasteiger charge is -2.36. The van der Waals surface area contributed by atoms with Gasteiger partial charge < -0.3 is 5.11 Å². The number of β-amino-alcohol motifs (C(OH)–C–C–N with tert-alkyl or cyclic N) is 1. The first kappa shape index (κ1) is 16.9. The standard InChI is InChI=1S/C16H19F3N4O/c1-2-15(24,16(17,18)19)11-22-9-8-14-13(10-22)20-21-23(14)12-6-4-3-5-7-12/h3-7,24H,2,8-11H2,1H3. The molecular weight excluding hydrogens is 321 g/mol. The van der Waals surface area contributed by atoms with Crippen LogP contribution in [0.15, 0.2) is 30.3 Å². The second-order valence-corrected chi connectivity index (χ2v) is 6.07. The highest BCUT2D eigenvalue weighted by atomic mass is 19.4. The van der Waals surface area contributed by atoms with Crippen LogP contribution in [0.25, 0.3) is 5.69 Å². The minimum Gasteiger partial charge on any atom is -0.379 e. The summed E-state index contributed by atoms with van der Waals surface area (Å²) in [6.45, 7) is 1.56. The Morgan fingerprint density at radius 2 is 1.92 bits per heavy atom. The molecule has 0 fully saturated rings. The number of hydrogen-bond donors (Lipinski definition) is 1. The Morgan fingerprint density at radius 3 is 2.54 bits per heavy atom. The first-order valence-electron chi connectivity index (χ1n) is 7.84. The molecule has 2 heterocycles. The Morgan fingerprint density at radius 1 is 1.21 bits per heavy atom. The van der Waals surface area contributed by atoms with Crippen LogP contribution in [0.1, 0.15) is 24.7 Å². The van der Waals surface area contributed by atoms with E-state index in [9.17, 15) is 18.3 Å². The third kappa shape index (κ3) is 3.03. The van der Waals surface area contributed by atoms with Crippen LogP contribution in [-0.4, -0.2) is 49.9 Å². The van der Waals surface area contributed by atoms with Gasteiger partial charge in [0, 0.05) is 26.1 Å². The van der Waals surface area contributed by atoms with Crippen molar-refractivity contribution in [2.75, 3.05) is 13.1 Å². The van der Waals surface area contributed by atoms with E-state index < -0.39 is 18.3 Å². The summed E-state index contributed by atoms with van der Waals surface area (Å²) in [4.78, 5) is 1.59. The molecule has 0 saturated carbocycles. The first-order chi connectivity index (χ1) is 11.3. The molecule has 0 spiro atoms. The molecule has 8 heteroatoms. The molecule has 1 aromatic carbocycles. The third-order valence-corrected chi connectivity index (χ3v) is 4.48. The molecule has 24 heavy (non-hydrogen) atoms. The maximum atomic E-state index is 13.1. The van der Waals surface area contributed by atoms with Crippen LogP contribution in [0.3, 0.4) is 0 Å². The number of halogens is 3. The summed E-state index contributed by atoms with van der Waals surface area (Å²) in [7, 11) is 0. The topological polar surface area (TPSA) is 54.2 Å². The molecule has 1 N–H and O–H groups in total. The van der Waals surface area contributed by atoms with E-state index in [2.05, 4.69) is 10.3 Å². The second-order valence-electron chi connectivity index (χ2n) is 6.07. The molecule has 5 nitrogen and oxygen atoms in total. The molecule has 1 unspecified atom stereocenters. The largest absolute Gasteiger partial charge is 0.418 e. The minimum atomic E-state index is -4.65. The second kappa shape index (κ2) is 6.18. The number of aromatic nitrogens is 3. The lowest BCUT2D eigenvalue weighted by atomic mass is 9.98. The molecule has 0 radical (unpaired) electrons. The van der Waals surface area contributed by atoms with Crippen LogP contribution >= 0.6 is 0 Å². The predicted molar refractivity (Wildman–Crippen MR) is 81.6 cm³/mol. The van der Waals surface area contributed by atoms with Crippen molar-refractivity contribution in [1.82, 2.24) is 19.9 Å². The number of aliphatic hydroxyl groups is 1. The van der Waals surface area contributed by atoms with Crippen molar-refractivity contribution in [3.63, 3.8) is 0 Å². The highest BCUT2D eigenvalue weighted by Crippen LogP contribution is 2.34. The average molecular weight is 340 g/mol. The molecule has 0 amide bonds. The van der Waals surface area contributed by atoms with Gasteiger partial charge in [-0.2, -0.15) is 13.2 Å². The van der Waals surface area contributed by atoms with Crippen molar-refractivity contribution in [1.29, 1.82) is 0 Å². The SMILES string of the molecule is CCC(O)(CN1CCc2c(nnn2-c2ccccc2)C1)C(F)(F)F. The fraction of sp³-hybridized carbons (Fsp3) is 0.500. The average Bonchev–Trinajstić information content (AvgIpc) is 2.97. The van der Waals surface area contributed by atoms with Gasteiger partial charge in [-0.15, -0.1) is 5.10 Å². The summed E-state index contributed by atoms with van der Waals surface area (Å²) in [6, 6.07) is 9.49. The van der Waals surface area contributed by atoms with E-state index in [4.69, 9.17) is 0 Å². The third-order valence-electron chi connectivity index (χ3n) is 4.48. The molecule has 2 aromatic rings. The molecular formula is C16H19F3N4O. The van der Waals surface area contributed by atoms with E-state index in [0.717, 1.165) is 11.4 Å². The molecule has 3 rings (SSSR count). The molecule has 1 aliphatic heterocycles. The van der Waals surface area contributed by atoms with Gasteiger partial charge in [-0.25, -0.2) is 4.68 Å². The summed E-state index contributed by atoms with van der Waals surface area (Å²) in [6.07, 6.45) is -4.49. The number of nitrogens with zero attached hydrogens (tertiary/aromatic N) is 4. The van der Waals surface area contributed by atoms with Crippen molar-refractivity contribution in [3.8, 4) is 5.69 Å². The Bertz CT molecular complexity index is 701. The number of para-hydroxylation sites is 1. The van der Waals surface area contributed by atoms with E-state index >= 15 is 0 Å². The van der Waals surface area contributed by atoms with Crippen LogP contribution in [0.4, 0.5) is 13.2 Å². The summed E-state index contributed by atoms with van der Waals surface area (Å²) < 4.78 is 40.9. The summed E-state index contributed by atoms with van der Waals surface area (Å²) in [5.41, 5.74) is -0.254. The monoisotopic (exact) mass is 340 g/mol. The zero-order chi connectivity index (χ0) is 17.4. The molecule has 130 valence electrons. The van der Waals surface area contributed by atoms with Crippen molar-refractivity contribution >= 4 is 0 Å². The van der Waals surface area contributed by atoms with E-state index in [-0.39, 0.29) is 13.0 Å². The summed E-state index contributed by atoms with van der Waals surface area (Å²) in [5.74, 6) is 0. The van der Waals surface area contributed by atoms with E-state index in [0.29, 0.717) is 18.7 Å². The van der Waals surface area contributed by atoms with Gasteiger partial charge in [-0.1, -0.05) is 30.3 Å². The smallest absolute Gasteiger partial charge is 0.379 e. The Kier molecular flexibility index (Phi) is 4.35. The lowest BCUT2D eigenvalue weighted by molar-refractivity contribution is -0.266.